The van der Waals surface area contributed by atoms with Crippen LogP contribution in [0.25, 0.3) is 0 Å². The van der Waals surface area contributed by atoms with Gasteiger partial charge in [0.25, 0.3) is 11.6 Å². The molecule has 0 aliphatic carbocycles. The zero-order valence-electron chi connectivity index (χ0n) is 11.5. The van der Waals surface area contributed by atoms with Gasteiger partial charge in [0.1, 0.15) is 5.75 Å². The first-order valence-electron chi connectivity index (χ1n) is 6.28. The van der Waals surface area contributed by atoms with Gasteiger partial charge in [0.2, 0.25) is 0 Å². The molecule has 1 amide bonds. The lowest BCUT2D eigenvalue weighted by atomic mass is 10.2. The number of amides is 1. The first kappa shape index (κ1) is 15.9. The molecule has 2 N–H and O–H groups in total. The first-order chi connectivity index (χ1) is 9.47. The molecule has 1 aromatic rings. The van der Waals surface area contributed by atoms with Crippen LogP contribution in [0.3, 0.4) is 0 Å². The Balaban J connectivity index is 2.68. The molecular formula is C13H18N2O5. The zero-order chi connectivity index (χ0) is 15.1. The highest BCUT2D eigenvalue weighted by Gasteiger charge is 2.13. The van der Waals surface area contributed by atoms with Crippen LogP contribution in [0.15, 0.2) is 18.2 Å². The lowest BCUT2D eigenvalue weighted by Crippen LogP contribution is -2.35. The number of nitrogens with zero attached hydrogens (tertiary/aromatic N) is 1. The number of carbonyl (C=O) groups excluding carboxylic acids is 1. The monoisotopic (exact) mass is 282 g/mol. The van der Waals surface area contributed by atoms with E-state index in [0.717, 1.165) is 6.42 Å². The first-order valence-corrected chi connectivity index (χ1v) is 6.28. The van der Waals surface area contributed by atoms with E-state index >= 15 is 0 Å². The molecule has 0 saturated heterocycles. The van der Waals surface area contributed by atoms with Gasteiger partial charge in [-0.1, -0.05) is 6.92 Å². The zero-order valence-corrected chi connectivity index (χ0v) is 11.5. The van der Waals surface area contributed by atoms with Crippen molar-refractivity contribution in [2.24, 2.45) is 0 Å². The molecule has 0 heterocycles. The van der Waals surface area contributed by atoms with Crippen molar-refractivity contribution in [3.05, 3.63) is 33.9 Å². The van der Waals surface area contributed by atoms with Crippen LogP contribution in [-0.2, 0) is 11.4 Å². The Kier molecular flexibility index (Phi) is 5.92. The predicted molar refractivity (Wildman–Crippen MR) is 72.4 cm³/mol. The number of nitro benzene ring substituents is 1. The number of nitro groups is 1. The number of hydrogen-bond acceptors (Lipinski definition) is 5. The second-order valence-electron chi connectivity index (χ2n) is 4.37. The molecule has 0 fully saturated rings. The normalized spacial score (nSPS) is 11.8. The maximum atomic E-state index is 11.6. The summed E-state index contributed by atoms with van der Waals surface area (Å²) in [6.07, 6.45) is 0.811. The lowest BCUT2D eigenvalue weighted by Gasteiger charge is -2.13. The van der Waals surface area contributed by atoms with Crippen LogP contribution in [0.2, 0.25) is 0 Å². The van der Waals surface area contributed by atoms with Gasteiger partial charge < -0.3 is 15.2 Å². The third-order valence-electron chi connectivity index (χ3n) is 2.80. The minimum atomic E-state index is -0.557. The summed E-state index contributed by atoms with van der Waals surface area (Å²) in [5.41, 5.74) is 0.140. The number of non-ortho nitro benzene ring substituents is 1. The van der Waals surface area contributed by atoms with Gasteiger partial charge in [-0.3, -0.25) is 14.9 Å². The van der Waals surface area contributed by atoms with Crippen molar-refractivity contribution in [1.82, 2.24) is 5.32 Å². The number of aliphatic hydroxyl groups excluding tert-OH is 1. The van der Waals surface area contributed by atoms with E-state index in [9.17, 15) is 20.0 Å². The Labute approximate surface area is 116 Å². The van der Waals surface area contributed by atoms with Crippen LogP contribution in [0.1, 0.15) is 25.8 Å². The minimum Gasteiger partial charge on any atom is -0.483 e. The molecule has 1 atom stereocenters. The summed E-state index contributed by atoms with van der Waals surface area (Å²) in [6, 6.07) is 3.92. The third-order valence-corrected chi connectivity index (χ3v) is 2.80. The summed E-state index contributed by atoms with van der Waals surface area (Å²) in [5, 5.41) is 22.5. The summed E-state index contributed by atoms with van der Waals surface area (Å²) in [7, 11) is 0. The third kappa shape index (κ3) is 4.51. The topological polar surface area (TPSA) is 102 Å². The van der Waals surface area contributed by atoms with E-state index in [0.29, 0.717) is 0 Å². The Morgan fingerprint density at radius 2 is 2.25 bits per heavy atom. The predicted octanol–water partition coefficient (Wildman–Crippen LogP) is 1.38. The fourth-order valence-corrected chi connectivity index (χ4v) is 1.51. The fourth-order valence-electron chi connectivity index (χ4n) is 1.51. The van der Waals surface area contributed by atoms with Crippen molar-refractivity contribution in [2.75, 3.05) is 6.61 Å². The molecule has 0 aliphatic heterocycles. The van der Waals surface area contributed by atoms with Crippen LogP contribution in [0.5, 0.6) is 5.75 Å². The quantitative estimate of drug-likeness (QED) is 0.581. The average molecular weight is 282 g/mol. The molecule has 1 unspecified atom stereocenters. The summed E-state index contributed by atoms with van der Waals surface area (Å²) >= 11 is 0. The Morgan fingerprint density at radius 1 is 1.55 bits per heavy atom. The molecule has 7 heteroatoms. The van der Waals surface area contributed by atoms with Gasteiger partial charge in [0.05, 0.1) is 11.5 Å². The molecule has 0 aliphatic rings. The molecule has 110 valence electrons. The van der Waals surface area contributed by atoms with Gasteiger partial charge in [0, 0.05) is 23.7 Å². The molecule has 1 aromatic carbocycles. The summed E-state index contributed by atoms with van der Waals surface area (Å²) in [6.45, 7) is 3.23. The molecule has 1 rings (SSSR count). The van der Waals surface area contributed by atoms with Crippen LogP contribution in [0, 0.1) is 10.1 Å². The maximum absolute atomic E-state index is 11.6. The van der Waals surface area contributed by atoms with Crippen LogP contribution in [-0.4, -0.2) is 28.6 Å². The van der Waals surface area contributed by atoms with Gasteiger partial charge in [-0.2, -0.15) is 0 Å². The Bertz CT molecular complexity index is 490. The molecule has 0 radical (unpaired) electrons. The SMILES string of the molecule is CCC(C)NC(=O)COc1ccc([N+](=O)[O-])cc1CO. The smallest absolute Gasteiger partial charge is 0.270 e. The highest BCUT2D eigenvalue weighted by molar-refractivity contribution is 5.77. The summed E-state index contributed by atoms with van der Waals surface area (Å²) < 4.78 is 5.28. The van der Waals surface area contributed by atoms with E-state index in [1.807, 2.05) is 13.8 Å². The molecule has 0 aromatic heterocycles. The summed E-state index contributed by atoms with van der Waals surface area (Å²) in [4.78, 5) is 21.6. The van der Waals surface area contributed by atoms with Gasteiger partial charge in [-0.15, -0.1) is 0 Å². The second kappa shape index (κ2) is 7.44. The van der Waals surface area contributed by atoms with Crippen molar-refractivity contribution in [3.63, 3.8) is 0 Å². The minimum absolute atomic E-state index is 0.0558. The number of benzene rings is 1. The van der Waals surface area contributed by atoms with E-state index in [1.165, 1.54) is 18.2 Å². The number of carbonyl (C=O) groups is 1. The van der Waals surface area contributed by atoms with Crippen molar-refractivity contribution in [1.29, 1.82) is 0 Å². The highest BCUT2D eigenvalue weighted by Crippen LogP contribution is 2.24. The molecule has 7 nitrogen and oxygen atoms in total. The summed E-state index contributed by atoms with van der Waals surface area (Å²) in [5.74, 6) is -0.0148. The van der Waals surface area contributed by atoms with E-state index in [4.69, 9.17) is 4.74 Å². The van der Waals surface area contributed by atoms with Gasteiger partial charge in [0.15, 0.2) is 6.61 Å². The molecular weight excluding hydrogens is 264 g/mol. The van der Waals surface area contributed by atoms with E-state index in [1.54, 1.807) is 0 Å². The fraction of sp³-hybridized carbons (Fsp3) is 0.462. The maximum Gasteiger partial charge on any atom is 0.270 e. The largest absolute Gasteiger partial charge is 0.483 e. The van der Waals surface area contributed by atoms with Gasteiger partial charge in [-0.05, 0) is 19.4 Å². The van der Waals surface area contributed by atoms with Crippen molar-refractivity contribution < 1.29 is 19.6 Å². The van der Waals surface area contributed by atoms with Crippen LogP contribution < -0.4 is 10.1 Å². The van der Waals surface area contributed by atoms with Crippen LogP contribution in [0.4, 0.5) is 5.69 Å². The number of aliphatic hydroxyl groups is 1. The molecule has 0 saturated carbocycles. The molecule has 0 bridgehead atoms. The van der Waals surface area contributed by atoms with Gasteiger partial charge >= 0.3 is 0 Å². The Hall–Kier alpha value is -2.15. The molecule has 20 heavy (non-hydrogen) atoms. The van der Waals surface area contributed by atoms with E-state index < -0.39 is 11.5 Å². The number of ether oxygens (including phenoxy) is 1. The van der Waals surface area contributed by atoms with Crippen molar-refractivity contribution in [2.45, 2.75) is 32.9 Å². The number of rotatable bonds is 7. The number of nitrogens with one attached hydrogen (secondary N) is 1. The van der Waals surface area contributed by atoms with E-state index in [-0.39, 0.29) is 35.6 Å². The van der Waals surface area contributed by atoms with Gasteiger partial charge in [-0.25, -0.2) is 0 Å². The second-order valence-corrected chi connectivity index (χ2v) is 4.37. The van der Waals surface area contributed by atoms with Crippen LogP contribution >= 0.6 is 0 Å². The van der Waals surface area contributed by atoms with Crippen molar-refractivity contribution >= 4 is 11.6 Å². The average Bonchev–Trinajstić information content (AvgIpc) is 2.44. The molecule has 0 spiro atoms. The number of hydrogen-bond donors (Lipinski definition) is 2. The highest BCUT2D eigenvalue weighted by atomic mass is 16.6. The van der Waals surface area contributed by atoms with Crippen molar-refractivity contribution in [3.8, 4) is 5.75 Å². The standard InChI is InChI=1S/C13H18N2O5/c1-3-9(2)14-13(17)8-20-12-5-4-11(15(18)19)6-10(12)7-16/h4-6,9,16H,3,7-8H2,1-2H3,(H,14,17). The lowest BCUT2D eigenvalue weighted by molar-refractivity contribution is -0.385. The van der Waals surface area contributed by atoms with E-state index in [2.05, 4.69) is 5.32 Å². The Morgan fingerprint density at radius 3 is 2.80 bits per heavy atom.